The Hall–Kier alpha value is -1.62. The van der Waals surface area contributed by atoms with Gasteiger partial charge in [0, 0.05) is 13.7 Å². The van der Waals surface area contributed by atoms with E-state index in [0.29, 0.717) is 12.1 Å². The van der Waals surface area contributed by atoms with Crippen LogP contribution in [0.1, 0.15) is 10.4 Å². The van der Waals surface area contributed by atoms with Gasteiger partial charge < -0.3 is 14.9 Å². The average Bonchev–Trinajstić information content (AvgIpc) is 2.36. The fourth-order valence-electron chi connectivity index (χ4n) is 1.47. The lowest BCUT2D eigenvalue weighted by molar-refractivity contribution is 0.0677. The quantitative estimate of drug-likeness (QED) is 0.648. The molecule has 1 rings (SSSR count). The van der Waals surface area contributed by atoms with Crippen LogP contribution in [0.3, 0.4) is 0 Å². The zero-order valence-corrected chi connectivity index (χ0v) is 11.7. The summed E-state index contributed by atoms with van der Waals surface area (Å²) in [5, 5.41) is 18.0. The summed E-state index contributed by atoms with van der Waals surface area (Å²) in [6.45, 7) is -0.635. The van der Waals surface area contributed by atoms with Crippen LogP contribution in [0.25, 0.3) is 0 Å². The molecular formula is C11H13F2NO6S. The zero-order valence-electron chi connectivity index (χ0n) is 10.8. The summed E-state index contributed by atoms with van der Waals surface area (Å²) in [7, 11) is -3.16. The number of methoxy groups -OCH3 is 1. The molecule has 1 aromatic rings. The molecule has 1 aromatic carbocycles. The first-order valence-corrected chi connectivity index (χ1v) is 7.07. The minimum atomic E-state index is -4.45. The number of ether oxygens (including phenoxy) is 1. The summed E-state index contributed by atoms with van der Waals surface area (Å²) in [6.07, 6.45) is -1.17. The summed E-state index contributed by atoms with van der Waals surface area (Å²) in [5.74, 6) is -5.03. The van der Waals surface area contributed by atoms with Crippen molar-refractivity contribution < 1.29 is 36.9 Å². The first-order chi connectivity index (χ1) is 9.70. The molecule has 1 unspecified atom stereocenters. The van der Waals surface area contributed by atoms with Gasteiger partial charge in [0.25, 0.3) is 0 Å². The van der Waals surface area contributed by atoms with Gasteiger partial charge in [-0.2, -0.15) is 0 Å². The molecule has 118 valence electrons. The highest BCUT2D eigenvalue weighted by molar-refractivity contribution is 7.89. The number of carbonyl (C=O) groups is 1. The maximum Gasteiger partial charge on any atom is 0.341 e. The van der Waals surface area contributed by atoms with E-state index in [4.69, 9.17) is 5.11 Å². The molecule has 0 fully saturated rings. The third-order valence-electron chi connectivity index (χ3n) is 2.43. The van der Waals surface area contributed by atoms with Gasteiger partial charge in [-0.25, -0.2) is 26.7 Å². The van der Waals surface area contributed by atoms with Crippen molar-refractivity contribution in [1.29, 1.82) is 0 Å². The van der Waals surface area contributed by atoms with Crippen LogP contribution in [0.5, 0.6) is 0 Å². The predicted octanol–water partition coefficient (Wildman–Crippen LogP) is -0.0514. The summed E-state index contributed by atoms with van der Waals surface area (Å²) in [6, 6.07) is 1.13. The molecule has 0 bridgehead atoms. The van der Waals surface area contributed by atoms with E-state index in [0.717, 1.165) is 0 Å². The first-order valence-electron chi connectivity index (χ1n) is 5.58. The number of nitrogens with one attached hydrogen (secondary N) is 1. The van der Waals surface area contributed by atoms with Crippen LogP contribution in [0.4, 0.5) is 8.78 Å². The number of hydrogen-bond donors (Lipinski definition) is 3. The predicted molar refractivity (Wildman–Crippen MR) is 66.4 cm³/mol. The van der Waals surface area contributed by atoms with Crippen molar-refractivity contribution in [3.8, 4) is 0 Å². The Morgan fingerprint density at radius 1 is 1.43 bits per heavy atom. The van der Waals surface area contributed by atoms with E-state index in [1.807, 2.05) is 4.72 Å². The van der Waals surface area contributed by atoms with Crippen molar-refractivity contribution in [2.75, 3.05) is 20.3 Å². The molecule has 0 heterocycles. The third kappa shape index (κ3) is 4.17. The topological polar surface area (TPSA) is 113 Å². The van der Waals surface area contributed by atoms with Crippen LogP contribution in [-0.4, -0.2) is 51.0 Å². The van der Waals surface area contributed by atoms with E-state index in [1.54, 1.807) is 0 Å². The van der Waals surface area contributed by atoms with E-state index in [1.165, 1.54) is 7.11 Å². The molecule has 0 aliphatic carbocycles. The normalized spacial score (nSPS) is 13.1. The molecule has 0 radical (unpaired) electrons. The first kappa shape index (κ1) is 17.4. The highest BCUT2D eigenvalue weighted by atomic mass is 32.2. The standard InChI is InChI=1S/C11H13F2NO6S/c1-20-5-6(15)4-14-21(18,19)8-3-2-7(12)9(10(8)13)11(16)17/h2-3,6,14-15H,4-5H2,1H3,(H,16,17). The molecular weight excluding hydrogens is 312 g/mol. The summed E-state index contributed by atoms with van der Waals surface area (Å²) in [4.78, 5) is 9.70. The largest absolute Gasteiger partial charge is 0.477 e. The van der Waals surface area contributed by atoms with Gasteiger partial charge >= 0.3 is 5.97 Å². The molecule has 0 amide bonds. The van der Waals surface area contributed by atoms with Gasteiger partial charge in [-0.15, -0.1) is 0 Å². The number of carboxylic acid groups (broad SMARTS) is 1. The summed E-state index contributed by atoms with van der Waals surface area (Å²) >= 11 is 0. The number of rotatable bonds is 7. The van der Waals surface area contributed by atoms with Crippen molar-refractivity contribution >= 4 is 16.0 Å². The molecule has 0 saturated heterocycles. The number of halogens is 2. The van der Waals surface area contributed by atoms with Crippen LogP contribution in [0, 0.1) is 11.6 Å². The second kappa shape index (κ2) is 6.89. The second-order valence-corrected chi connectivity index (χ2v) is 5.74. The molecule has 1 atom stereocenters. The van der Waals surface area contributed by atoms with Crippen LogP contribution >= 0.6 is 0 Å². The number of sulfonamides is 1. The fraction of sp³-hybridized carbons (Fsp3) is 0.364. The Balaban J connectivity index is 3.10. The van der Waals surface area contributed by atoms with Crippen LogP contribution in [0.2, 0.25) is 0 Å². The summed E-state index contributed by atoms with van der Waals surface area (Å²) in [5.41, 5.74) is -1.37. The van der Waals surface area contributed by atoms with Crippen molar-refractivity contribution in [3.05, 3.63) is 29.3 Å². The van der Waals surface area contributed by atoms with E-state index in [2.05, 4.69) is 4.74 Å². The molecule has 0 aliphatic rings. The van der Waals surface area contributed by atoms with Crippen LogP contribution in [-0.2, 0) is 14.8 Å². The Bertz CT molecular complexity index is 634. The molecule has 21 heavy (non-hydrogen) atoms. The molecule has 0 aliphatic heterocycles. The van der Waals surface area contributed by atoms with Crippen molar-refractivity contribution in [3.63, 3.8) is 0 Å². The van der Waals surface area contributed by atoms with Gasteiger partial charge in [-0.05, 0) is 12.1 Å². The molecule has 0 saturated carbocycles. The number of carboxylic acids is 1. The molecule has 0 spiro atoms. The second-order valence-electron chi connectivity index (χ2n) is 4.00. The van der Waals surface area contributed by atoms with Gasteiger partial charge in [0.15, 0.2) is 5.82 Å². The smallest absolute Gasteiger partial charge is 0.341 e. The number of benzene rings is 1. The number of aliphatic hydroxyl groups is 1. The maximum atomic E-state index is 13.8. The number of hydrogen-bond acceptors (Lipinski definition) is 5. The van der Waals surface area contributed by atoms with Crippen molar-refractivity contribution in [1.82, 2.24) is 4.72 Å². The van der Waals surface area contributed by atoms with Gasteiger partial charge in [0.2, 0.25) is 10.0 Å². The van der Waals surface area contributed by atoms with Crippen LogP contribution in [0.15, 0.2) is 17.0 Å². The van der Waals surface area contributed by atoms with Crippen molar-refractivity contribution in [2.45, 2.75) is 11.0 Å². The van der Waals surface area contributed by atoms with Crippen LogP contribution < -0.4 is 4.72 Å². The minimum absolute atomic E-state index is 0.158. The third-order valence-corrected chi connectivity index (χ3v) is 3.87. The lowest BCUT2D eigenvalue weighted by Gasteiger charge is -2.12. The Morgan fingerprint density at radius 2 is 2.05 bits per heavy atom. The summed E-state index contributed by atoms with van der Waals surface area (Å²) < 4.78 is 57.1. The lowest BCUT2D eigenvalue weighted by atomic mass is 10.2. The van der Waals surface area contributed by atoms with E-state index < -0.39 is 50.7 Å². The highest BCUT2D eigenvalue weighted by Gasteiger charge is 2.27. The minimum Gasteiger partial charge on any atom is -0.477 e. The number of aromatic carboxylic acids is 1. The lowest BCUT2D eigenvalue weighted by Crippen LogP contribution is -2.35. The monoisotopic (exact) mass is 325 g/mol. The molecule has 0 aromatic heterocycles. The Morgan fingerprint density at radius 3 is 2.57 bits per heavy atom. The average molecular weight is 325 g/mol. The van der Waals surface area contributed by atoms with Gasteiger partial charge in [-0.3, -0.25) is 0 Å². The maximum absolute atomic E-state index is 13.8. The van der Waals surface area contributed by atoms with Gasteiger partial charge in [-0.1, -0.05) is 0 Å². The van der Waals surface area contributed by atoms with E-state index in [-0.39, 0.29) is 6.61 Å². The number of aliphatic hydroxyl groups excluding tert-OH is 1. The Kier molecular flexibility index (Phi) is 5.72. The Labute approximate surface area is 119 Å². The SMILES string of the molecule is COCC(O)CNS(=O)(=O)c1ccc(F)c(C(=O)O)c1F. The highest BCUT2D eigenvalue weighted by Crippen LogP contribution is 2.21. The fourth-order valence-corrected chi connectivity index (χ4v) is 2.62. The molecule has 7 nitrogen and oxygen atoms in total. The van der Waals surface area contributed by atoms with E-state index in [9.17, 15) is 27.1 Å². The van der Waals surface area contributed by atoms with Gasteiger partial charge in [0.05, 0.1) is 12.7 Å². The van der Waals surface area contributed by atoms with E-state index >= 15 is 0 Å². The zero-order chi connectivity index (χ0) is 16.2. The molecule has 3 N–H and O–H groups in total. The molecule has 10 heteroatoms. The van der Waals surface area contributed by atoms with Gasteiger partial charge in [0.1, 0.15) is 16.3 Å². The van der Waals surface area contributed by atoms with Crippen molar-refractivity contribution in [2.24, 2.45) is 0 Å².